The fourth-order valence-corrected chi connectivity index (χ4v) is 4.42. The topological polar surface area (TPSA) is 90.0 Å². The summed E-state index contributed by atoms with van der Waals surface area (Å²) in [7, 11) is 1.72. The molecule has 1 saturated heterocycles. The number of hydrogen-bond donors (Lipinski definition) is 2. The molecule has 2 N–H and O–H groups in total. The van der Waals surface area contributed by atoms with E-state index in [0.717, 1.165) is 5.39 Å². The van der Waals surface area contributed by atoms with E-state index in [0.29, 0.717) is 72.8 Å². The molecule has 0 bridgehead atoms. The van der Waals surface area contributed by atoms with Gasteiger partial charge in [-0.25, -0.2) is 14.4 Å². The summed E-state index contributed by atoms with van der Waals surface area (Å²) in [4.78, 5) is 31.5. The van der Waals surface area contributed by atoms with Crippen molar-refractivity contribution in [3.05, 3.63) is 63.8 Å². The van der Waals surface area contributed by atoms with E-state index in [4.69, 9.17) is 0 Å². The van der Waals surface area contributed by atoms with Gasteiger partial charge in [0.15, 0.2) is 11.6 Å². The molecule has 5 heterocycles. The van der Waals surface area contributed by atoms with Gasteiger partial charge in [0.05, 0.1) is 11.2 Å². The number of aromatic amines is 1. The maximum absolute atomic E-state index is 15.1. The molecule has 5 rings (SSSR count). The van der Waals surface area contributed by atoms with Crippen LogP contribution in [0.5, 0.6) is 0 Å². The van der Waals surface area contributed by atoms with E-state index >= 15 is 4.39 Å². The third kappa shape index (κ3) is 3.94. The Bertz CT molecular complexity index is 1430. The lowest BCUT2D eigenvalue weighted by atomic mass is 10.1. The zero-order valence-corrected chi connectivity index (χ0v) is 19.0. The maximum Gasteiger partial charge on any atom is 0.251 e. The number of hydrogen-bond acceptors (Lipinski definition) is 7. The summed E-state index contributed by atoms with van der Waals surface area (Å²) in [5.41, 5.74) is 2.24. The van der Waals surface area contributed by atoms with Crippen molar-refractivity contribution in [2.75, 3.05) is 43.4 Å². The van der Waals surface area contributed by atoms with Gasteiger partial charge >= 0.3 is 0 Å². The molecule has 0 saturated carbocycles. The SMILES string of the molecule is CCc1cc2ncc(CN3CCN(c4cc5ccnc(NC)c5nc4F)CC3)c(F)c2[nH]c1=O. The van der Waals surface area contributed by atoms with Crippen LogP contribution in [0.1, 0.15) is 18.1 Å². The van der Waals surface area contributed by atoms with E-state index in [1.165, 1.54) is 6.20 Å². The number of piperazine rings is 1. The molecule has 0 radical (unpaired) electrons. The van der Waals surface area contributed by atoms with Crippen LogP contribution in [0.15, 0.2) is 35.4 Å². The molecule has 4 aromatic heterocycles. The van der Waals surface area contributed by atoms with E-state index in [2.05, 4.69) is 30.2 Å². The second-order valence-electron chi connectivity index (χ2n) is 8.38. The van der Waals surface area contributed by atoms with Gasteiger partial charge in [-0.2, -0.15) is 4.39 Å². The number of fused-ring (bicyclic) bond motifs is 2. The molecule has 0 aromatic carbocycles. The van der Waals surface area contributed by atoms with Crippen LogP contribution in [0.25, 0.3) is 21.9 Å². The van der Waals surface area contributed by atoms with Gasteiger partial charge in [-0.1, -0.05) is 6.92 Å². The van der Waals surface area contributed by atoms with Gasteiger partial charge in [0.1, 0.15) is 11.0 Å². The normalized spacial score (nSPS) is 14.8. The minimum absolute atomic E-state index is 0.137. The molecule has 0 amide bonds. The van der Waals surface area contributed by atoms with Crippen molar-refractivity contribution in [3.8, 4) is 0 Å². The number of nitrogens with one attached hydrogen (secondary N) is 2. The minimum Gasteiger partial charge on any atom is -0.371 e. The van der Waals surface area contributed by atoms with Crippen LogP contribution in [0.2, 0.25) is 0 Å². The van der Waals surface area contributed by atoms with Crippen molar-refractivity contribution in [2.45, 2.75) is 19.9 Å². The molecule has 0 spiro atoms. The lowest BCUT2D eigenvalue weighted by Gasteiger charge is -2.36. The van der Waals surface area contributed by atoms with Gasteiger partial charge in [0, 0.05) is 68.7 Å². The monoisotopic (exact) mass is 465 g/mol. The Morgan fingerprint density at radius 2 is 1.91 bits per heavy atom. The van der Waals surface area contributed by atoms with Crippen molar-refractivity contribution in [2.24, 2.45) is 0 Å². The molecule has 176 valence electrons. The lowest BCUT2D eigenvalue weighted by molar-refractivity contribution is 0.246. The largest absolute Gasteiger partial charge is 0.371 e. The van der Waals surface area contributed by atoms with Gasteiger partial charge in [-0.15, -0.1) is 0 Å². The Morgan fingerprint density at radius 1 is 1.12 bits per heavy atom. The summed E-state index contributed by atoms with van der Waals surface area (Å²) < 4.78 is 30.0. The van der Waals surface area contributed by atoms with Crippen LogP contribution in [0.3, 0.4) is 0 Å². The first kappa shape index (κ1) is 22.1. The second-order valence-corrected chi connectivity index (χ2v) is 8.38. The predicted molar refractivity (Wildman–Crippen MR) is 128 cm³/mol. The van der Waals surface area contributed by atoms with Gasteiger partial charge in [-0.3, -0.25) is 14.7 Å². The summed E-state index contributed by atoms with van der Waals surface area (Å²) in [6.45, 7) is 4.63. The highest BCUT2D eigenvalue weighted by atomic mass is 19.1. The van der Waals surface area contributed by atoms with Crippen LogP contribution in [0, 0.1) is 11.8 Å². The number of rotatable bonds is 5. The van der Waals surface area contributed by atoms with Crippen LogP contribution >= 0.6 is 0 Å². The number of H-pyrrole nitrogens is 1. The number of aryl methyl sites for hydroxylation is 1. The highest BCUT2D eigenvalue weighted by Gasteiger charge is 2.23. The summed E-state index contributed by atoms with van der Waals surface area (Å²) >= 11 is 0. The number of pyridine rings is 4. The molecule has 0 aliphatic carbocycles. The third-order valence-corrected chi connectivity index (χ3v) is 6.35. The maximum atomic E-state index is 15.1. The zero-order chi connectivity index (χ0) is 23.8. The molecule has 0 atom stereocenters. The summed E-state index contributed by atoms with van der Waals surface area (Å²) in [5, 5.41) is 3.74. The molecule has 34 heavy (non-hydrogen) atoms. The molecular formula is C24H25F2N7O. The average Bonchev–Trinajstić information content (AvgIpc) is 2.85. The van der Waals surface area contributed by atoms with E-state index in [-0.39, 0.29) is 11.1 Å². The van der Waals surface area contributed by atoms with Crippen LogP contribution in [0.4, 0.5) is 20.3 Å². The Hall–Kier alpha value is -3.66. The van der Waals surface area contributed by atoms with Crippen molar-refractivity contribution < 1.29 is 8.78 Å². The Morgan fingerprint density at radius 3 is 2.65 bits per heavy atom. The molecule has 1 aliphatic rings. The second kappa shape index (κ2) is 8.94. The summed E-state index contributed by atoms with van der Waals surface area (Å²) in [6, 6.07) is 5.25. The first-order valence-electron chi connectivity index (χ1n) is 11.3. The molecule has 1 fully saturated rings. The smallest absolute Gasteiger partial charge is 0.251 e. The van der Waals surface area contributed by atoms with E-state index in [1.54, 1.807) is 25.4 Å². The Kier molecular flexibility index (Phi) is 5.82. The van der Waals surface area contributed by atoms with Gasteiger partial charge in [0.2, 0.25) is 5.95 Å². The molecule has 1 aliphatic heterocycles. The highest BCUT2D eigenvalue weighted by Crippen LogP contribution is 2.27. The van der Waals surface area contributed by atoms with Crippen LogP contribution in [-0.2, 0) is 13.0 Å². The predicted octanol–water partition coefficient (Wildman–Crippen LogP) is 3.07. The van der Waals surface area contributed by atoms with Gasteiger partial charge < -0.3 is 15.2 Å². The molecule has 0 unspecified atom stereocenters. The van der Waals surface area contributed by atoms with Crippen molar-refractivity contribution in [1.82, 2.24) is 24.8 Å². The van der Waals surface area contributed by atoms with Gasteiger partial charge in [0.25, 0.3) is 5.56 Å². The number of aromatic nitrogens is 4. The van der Waals surface area contributed by atoms with E-state index in [9.17, 15) is 9.18 Å². The molecule has 10 heteroatoms. The van der Waals surface area contributed by atoms with Crippen LogP contribution in [-0.4, -0.2) is 58.1 Å². The molecule has 8 nitrogen and oxygen atoms in total. The van der Waals surface area contributed by atoms with Crippen molar-refractivity contribution in [3.63, 3.8) is 0 Å². The lowest BCUT2D eigenvalue weighted by Crippen LogP contribution is -2.46. The Labute approximate surface area is 194 Å². The van der Waals surface area contributed by atoms with Crippen molar-refractivity contribution >= 4 is 33.4 Å². The highest BCUT2D eigenvalue weighted by molar-refractivity contribution is 5.90. The van der Waals surface area contributed by atoms with Crippen LogP contribution < -0.4 is 15.8 Å². The first-order chi connectivity index (χ1) is 16.5. The third-order valence-electron chi connectivity index (χ3n) is 6.35. The number of halogens is 2. The Balaban J connectivity index is 1.32. The fourth-order valence-electron chi connectivity index (χ4n) is 4.42. The molecule has 4 aromatic rings. The average molecular weight is 466 g/mol. The first-order valence-corrected chi connectivity index (χ1v) is 11.3. The minimum atomic E-state index is -0.536. The summed E-state index contributed by atoms with van der Waals surface area (Å²) in [5.74, 6) is -0.456. The quantitative estimate of drug-likeness (QED) is 0.438. The number of nitrogens with zero attached hydrogens (tertiary/aromatic N) is 5. The standard InChI is InChI=1S/C24H25F2N7O/c1-3-14-10-17-21(31-24(14)34)19(25)16(12-29-17)13-32-6-8-33(9-7-32)18-11-15-4-5-28-23(27-2)20(15)30-22(18)26/h4-5,10-12H,3,6-9,13H2,1-2H3,(H,27,28)(H,31,34). The van der Waals surface area contributed by atoms with E-state index in [1.807, 2.05) is 17.9 Å². The molecular weight excluding hydrogens is 440 g/mol. The fraction of sp³-hybridized carbons (Fsp3) is 0.333. The van der Waals surface area contributed by atoms with Crippen molar-refractivity contribution in [1.29, 1.82) is 0 Å². The van der Waals surface area contributed by atoms with E-state index < -0.39 is 11.8 Å². The zero-order valence-electron chi connectivity index (χ0n) is 19.0. The van der Waals surface area contributed by atoms with Gasteiger partial charge in [-0.05, 0) is 24.6 Å². The number of anilines is 2. The summed E-state index contributed by atoms with van der Waals surface area (Å²) in [6.07, 6.45) is 3.75.